The van der Waals surface area contributed by atoms with Gasteiger partial charge in [0.2, 0.25) is 5.91 Å². The summed E-state index contributed by atoms with van der Waals surface area (Å²) in [5.41, 5.74) is 0.568. The lowest BCUT2D eigenvalue weighted by Gasteiger charge is -2.15. The number of hydrogen-bond acceptors (Lipinski definition) is 3. The highest BCUT2D eigenvalue weighted by atomic mass is 16.5. The van der Waals surface area contributed by atoms with Crippen molar-refractivity contribution in [3.8, 4) is 0 Å². The molecule has 1 aliphatic rings. The maximum Gasteiger partial charge on any atom is 0.330 e. The second-order valence-electron chi connectivity index (χ2n) is 5.72. The molecule has 3 rings (SSSR count). The van der Waals surface area contributed by atoms with Gasteiger partial charge in [-0.1, -0.05) is 36.4 Å². The standard InChI is InChI=1S/C18H19NO4/c1-2-23-15-10-14(15)17(20)19-16(18(21)22)13-8-7-11-5-3-4-6-12(11)9-13/h3-9,14-16H,2,10H2,1H3,(H,19,20)(H,21,22). The second-order valence-corrected chi connectivity index (χ2v) is 5.72. The Kier molecular flexibility index (Phi) is 4.30. The fraction of sp³-hybridized carbons (Fsp3) is 0.333. The minimum absolute atomic E-state index is 0.0777. The summed E-state index contributed by atoms with van der Waals surface area (Å²) in [6.07, 6.45) is 0.579. The van der Waals surface area contributed by atoms with Crippen LogP contribution in [0.25, 0.3) is 10.8 Å². The first kappa shape index (κ1) is 15.5. The van der Waals surface area contributed by atoms with Crippen molar-refractivity contribution >= 4 is 22.6 Å². The van der Waals surface area contributed by atoms with E-state index in [2.05, 4.69) is 5.32 Å². The van der Waals surface area contributed by atoms with Gasteiger partial charge in [0, 0.05) is 6.61 Å². The quantitative estimate of drug-likeness (QED) is 0.859. The van der Waals surface area contributed by atoms with Crippen LogP contribution in [0.15, 0.2) is 42.5 Å². The molecule has 120 valence electrons. The molecule has 0 bridgehead atoms. The molecule has 0 aromatic heterocycles. The average molecular weight is 313 g/mol. The number of ether oxygens (including phenoxy) is 1. The Bertz CT molecular complexity index is 743. The molecule has 0 spiro atoms. The van der Waals surface area contributed by atoms with Crippen molar-refractivity contribution in [2.45, 2.75) is 25.5 Å². The summed E-state index contributed by atoms with van der Waals surface area (Å²) in [7, 11) is 0. The third-order valence-electron chi connectivity index (χ3n) is 4.09. The van der Waals surface area contributed by atoms with Crippen molar-refractivity contribution < 1.29 is 19.4 Å². The van der Waals surface area contributed by atoms with Crippen LogP contribution in [0.4, 0.5) is 0 Å². The van der Waals surface area contributed by atoms with Gasteiger partial charge in [-0.3, -0.25) is 4.79 Å². The topological polar surface area (TPSA) is 75.6 Å². The number of aliphatic carboxylic acids is 1. The molecule has 1 aliphatic carbocycles. The van der Waals surface area contributed by atoms with Crippen LogP contribution < -0.4 is 5.32 Å². The van der Waals surface area contributed by atoms with Crippen LogP contribution in [0.3, 0.4) is 0 Å². The summed E-state index contributed by atoms with van der Waals surface area (Å²) in [6.45, 7) is 2.43. The predicted molar refractivity (Wildman–Crippen MR) is 86.0 cm³/mol. The molecule has 3 atom stereocenters. The molecule has 23 heavy (non-hydrogen) atoms. The monoisotopic (exact) mass is 313 g/mol. The normalized spacial score (nSPS) is 20.9. The van der Waals surface area contributed by atoms with E-state index >= 15 is 0 Å². The molecule has 0 saturated heterocycles. The van der Waals surface area contributed by atoms with Crippen molar-refractivity contribution in [3.63, 3.8) is 0 Å². The Labute approximate surface area is 134 Å². The molecule has 0 radical (unpaired) electrons. The smallest absolute Gasteiger partial charge is 0.330 e. The lowest BCUT2D eigenvalue weighted by molar-refractivity contribution is -0.142. The lowest BCUT2D eigenvalue weighted by atomic mass is 10.0. The van der Waals surface area contributed by atoms with Crippen LogP contribution >= 0.6 is 0 Å². The summed E-state index contributed by atoms with van der Waals surface area (Å²) in [6, 6.07) is 12.1. The summed E-state index contributed by atoms with van der Waals surface area (Å²) >= 11 is 0. The molecule has 0 aliphatic heterocycles. The molecule has 3 unspecified atom stereocenters. The van der Waals surface area contributed by atoms with Gasteiger partial charge in [-0.05, 0) is 35.7 Å². The zero-order chi connectivity index (χ0) is 16.4. The summed E-state index contributed by atoms with van der Waals surface area (Å²) in [4.78, 5) is 23.8. The maximum absolute atomic E-state index is 12.2. The van der Waals surface area contributed by atoms with Crippen LogP contribution in [0.1, 0.15) is 24.9 Å². The van der Waals surface area contributed by atoms with Gasteiger partial charge in [0.05, 0.1) is 12.0 Å². The number of carbonyl (C=O) groups is 2. The largest absolute Gasteiger partial charge is 0.479 e. The third-order valence-corrected chi connectivity index (χ3v) is 4.09. The maximum atomic E-state index is 12.2. The number of fused-ring (bicyclic) bond motifs is 1. The molecule has 1 amide bonds. The van der Waals surface area contributed by atoms with Crippen LogP contribution in [-0.4, -0.2) is 29.7 Å². The van der Waals surface area contributed by atoms with Crippen molar-refractivity contribution in [1.29, 1.82) is 0 Å². The highest BCUT2D eigenvalue weighted by Gasteiger charge is 2.45. The van der Waals surface area contributed by atoms with Crippen LogP contribution in [0.5, 0.6) is 0 Å². The first-order chi connectivity index (χ1) is 11.1. The van der Waals surface area contributed by atoms with Gasteiger partial charge < -0.3 is 15.2 Å². The van der Waals surface area contributed by atoms with Gasteiger partial charge in [-0.2, -0.15) is 0 Å². The number of carboxylic acid groups (broad SMARTS) is 1. The first-order valence-corrected chi connectivity index (χ1v) is 7.73. The number of benzene rings is 2. The van der Waals surface area contributed by atoms with E-state index in [-0.39, 0.29) is 17.9 Å². The summed E-state index contributed by atoms with van der Waals surface area (Å²) in [5.74, 6) is -1.57. The molecule has 2 aromatic rings. The molecule has 1 fully saturated rings. The number of nitrogens with one attached hydrogen (secondary N) is 1. The molecular formula is C18H19NO4. The molecule has 5 nitrogen and oxygen atoms in total. The van der Waals surface area contributed by atoms with Crippen molar-refractivity contribution in [2.75, 3.05) is 6.61 Å². The molecule has 5 heteroatoms. The molecular weight excluding hydrogens is 294 g/mol. The van der Waals surface area contributed by atoms with Gasteiger partial charge in [0.25, 0.3) is 0 Å². The fourth-order valence-electron chi connectivity index (χ4n) is 2.77. The Hall–Kier alpha value is -2.40. The van der Waals surface area contributed by atoms with Gasteiger partial charge in [0.15, 0.2) is 6.04 Å². The third kappa shape index (κ3) is 3.35. The fourth-order valence-corrected chi connectivity index (χ4v) is 2.77. The van der Waals surface area contributed by atoms with Gasteiger partial charge in [-0.25, -0.2) is 4.79 Å². The number of carboxylic acids is 1. The highest BCUT2D eigenvalue weighted by molar-refractivity contribution is 5.89. The number of rotatable bonds is 6. The Morgan fingerprint density at radius 2 is 2.00 bits per heavy atom. The van der Waals surface area contributed by atoms with Crippen molar-refractivity contribution in [1.82, 2.24) is 5.32 Å². The van der Waals surface area contributed by atoms with Gasteiger partial charge >= 0.3 is 5.97 Å². The zero-order valence-corrected chi connectivity index (χ0v) is 12.9. The summed E-state index contributed by atoms with van der Waals surface area (Å²) < 4.78 is 5.38. The molecule has 1 saturated carbocycles. The Balaban J connectivity index is 1.78. The van der Waals surface area contributed by atoms with E-state index in [1.165, 1.54) is 0 Å². The summed E-state index contributed by atoms with van der Waals surface area (Å²) in [5, 5.41) is 14.1. The van der Waals surface area contributed by atoms with E-state index in [1.807, 2.05) is 37.3 Å². The lowest BCUT2D eigenvalue weighted by Crippen LogP contribution is -2.35. The minimum atomic E-state index is -1.07. The van der Waals surface area contributed by atoms with Crippen LogP contribution in [0, 0.1) is 5.92 Å². The SMILES string of the molecule is CCOC1CC1C(=O)NC(C(=O)O)c1ccc2ccccc2c1. The molecule has 2 N–H and O–H groups in total. The zero-order valence-electron chi connectivity index (χ0n) is 12.9. The number of hydrogen-bond donors (Lipinski definition) is 2. The van der Waals surface area contributed by atoms with Crippen LogP contribution in [0.2, 0.25) is 0 Å². The second kappa shape index (κ2) is 6.38. The van der Waals surface area contributed by atoms with Gasteiger partial charge in [0.1, 0.15) is 0 Å². The molecule has 0 heterocycles. The van der Waals surface area contributed by atoms with Crippen LogP contribution in [-0.2, 0) is 14.3 Å². The van der Waals surface area contributed by atoms with Crippen molar-refractivity contribution in [2.24, 2.45) is 5.92 Å². The van der Waals surface area contributed by atoms with E-state index in [0.29, 0.717) is 18.6 Å². The van der Waals surface area contributed by atoms with E-state index in [9.17, 15) is 14.7 Å². The van der Waals surface area contributed by atoms with Gasteiger partial charge in [-0.15, -0.1) is 0 Å². The van der Waals surface area contributed by atoms with E-state index in [4.69, 9.17) is 4.74 Å². The predicted octanol–water partition coefficient (Wildman–Crippen LogP) is 2.51. The number of amides is 1. The van der Waals surface area contributed by atoms with E-state index < -0.39 is 12.0 Å². The minimum Gasteiger partial charge on any atom is -0.479 e. The average Bonchev–Trinajstić information content (AvgIpc) is 3.31. The Morgan fingerprint density at radius 1 is 1.26 bits per heavy atom. The van der Waals surface area contributed by atoms with Crippen molar-refractivity contribution in [3.05, 3.63) is 48.0 Å². The Morgan fingerprint density at radius 3 is 2.70 bits per heavy atom. The first-order valence-electron chi connectivity index (χ1n) is 7.73. The number of carbonyl (C=O) groups excluding carboxylic acids is 1. The highest BCUT2D eigenvalue weighted by Crippen LogP contribution is 2.34. The van der Waals surface area contributed by atoms with E-state index in [1.54, 1.807) is 12.1 Å². The van der Waals surface area contributed by atoms with E-state index in [0.717, 1.165) is 10.8 Å². The molecule has 2 aromatic carbocycles.